The smallest absolute Gasteiger partial charge is 0.257 e. The van der Waals surface area contributed by atoms with Crippen molar-refractivity contribution >= 4 is 49.3 Å². The zero-order valence-electron chi connectivity index (χ0n) is 10.6. The van der Waals surface area contributed by atoms with Gasteiger partial charge in [-0.25, -0.2) is 10.8 Å². The van der Waals surface area contributed by atoms with Crippen molar-refractivity contribution in [1.29, 1.82) is 0 Å². The van der Waals surface area contributed by atoms with Gasteiger partial charge in [-0.2, -0.15) is 0 Å². The molecule has 1 amide bonds. The van der Waals surface area contributed by atoms with Gasteiger partial charge in [-0.05, 0) is 68.6 Å². The second kappa shape index (κ2) is 6.34. The number of benzene rings is 1. The molecule has 1 aromatic carbocycles. The first kappa shape index (κ1) is 15.0. The number of rotatable bonds is 3. The quantitative estimate of drug-likeness (QED) is 0.545. The number of nitrogens with two attached hydrogens (primary N) is 1. The molecular formula is C13H12Br2N4O. The summed E-state index contributed by atoms with van der Waals surface area (Å²) in [6, 6.07) is 7.14. The molecule has 2 rings (SSSR count). The number of aromatic nitrogens is 1. The van der Waals surface area contributed by atoms with E-state index >= 15 is 0 Å². The summed E-state index contributed by atoms with van der Waals surface area (Å²) in [5.74, 6) is 5.48. The molecule has 4 N–H and O–H groups in total. The molecule has 1 heterocycles. The fraction of sp³-hybridized carbons (Fsp3) is 0.0769. The summed E-state index contributed by atoms with van der Waals surface area (Å²) in [4.78, 5) is 16.2. The number of carbonyl (C=O) groups is 1. The lowest BCUT2D eigenvalue weighted by Crippen LogP contribution is -2.14. The number of anilines is 2. The van der Waals surface area contributed by atoms with Crippen LogP contribution in [0.15, 0.2) is 39.4 Å². The molecule has 0 aliphatic rings. The predicted octanol–water partition coefficient (Wildman–Crippen LogP) is 3.45. The number of nitrogen functional groups attached to an aromatic ring is 1. The molecule has 104 valence electrons. The Morgan fingerprint density at radius 1 is 1.25 bits per heavy atom. The standard InChI is InChI=1S/C13H12Br2N4O/c1-7-4-9(14)12(10(15)5-7)18-13(20)8-2-3-11(19-16)17-6-8/h2-6H,16H2,1H3,(H,17,19)(H,18,20). The molecule has 0 aliphatic carbocycles. The lowest BCUT2D eigenvalue weighted by atomic mass is 10.2. The van der Waals surface area contributed by atoms with Crippen LogP contribution in [0.2, 0.25) is 0 Å². The van der Waals surface area contributed by atoms with E-state index in [1.165, 1.54) is 6.20 Å². The Hall–Kier alpha value is -1.44. The van der Waals surface area contributed by atoms with Gasteiger partial charge in [0.25, 0.3) is 5.91 Å². The van der Waals surface area contributed by atoms with Crippen LogP contribution in [0, 0.1) is 6.92 Å². The summed E-state index contributed by atoms with van der Waals surface area (Å²) in [6.45, 7) is 1.98. The van der Waals surface area contributed by atoms with Gasteiger partial charge in [0.05, 0.1) is 11.3 Å². The van der Waals surface area contributed by atoms with Crippen LogP contribution < -0.4 is 16.6 Å². The van der Waals surface area contributed by atoms with Crippen molar-refractivity contribution in [2.75, 3.05) is 10.7 Å². The number of halogens is 2. The lowest BCUT2D eigenvalue weighted by molar-refractivity contribution is 0.102. The maximum Gasteiger partial charge on any atom is 0.257 e. The summed E-state index contributed by atoms with van der Waals surface area (Å²) in [5.41, 5.74) is 4.62. The minimum atomic E-state index is -0.244. The van der Waals surface area contributed by atoms with Crippen LogP contribution >= 0.6 is 31.9 Å². The van der Waals surface area contributed by atoms with Gasteiger partial charge in [0.2, 0.25) is 0 Å². The van der Waals surface area contributed by atoms with E-state index in [1.54, 1.807) is 12.1 Å². The fourth-order valence-corrected chi connectivity index (χ4v) is 3.23. The van der Waals surface area contributed by atoms with Crippen LogP contribution in [-0.4, -0.2) is 10.9 Å². The number of nitrogens with zero attached hydrogens (tertiary/aromatic N) is 1. The Morgan fingerprint density at radius 2 is 1.90 bits per heavy atom. The molecule has 20 heavy (non-hydrogen) atoms. The zero-order valence-corrected chi connectivity index (χ0v) is 13.7. The first-order chi connectivity index (χ1) is 9.51. The number of amides is 1. The van der Waals surface area contributed by atoms with Crippen molar-refractivity contribution in [3.05, 3.63) is 50.5 Å². The van der Waals surface area contributed by atoms with Crippen LogP contribution in [-0.2, 0) is 0 Å². The Kier molecular flexibility index (Phi) is 4.74. The minimum absolute atomic E-state index is 0.244. The second-order valence-electron chi connectivity index (χ2n) is 4.13. The van der Waals surface area contributed by atoms with E-state index < -0.39 is 0 Å². The number of pyridine rings is 1. The molecule has 0 atom stereocenters. The summed E-state index contributed by atoms with van der Waals surface area (Å²) >= 11 is 6.87. The van der Waals surface area contributed by atoms with Crippen molar-refractivity contribution in [2.45, 2.75) is 6.92 Å². The monoisotopic (exact) mass is 398 g/mol. The third-order valence-electron chi connectivity index (χ3n) is 2.60. The first-order valence-corrected chi connectivity index (χ1v) is 7.29. The normalized spacial score (nSPS) is 10.2. The van der Waals surface area contributed by atoms with Gasteiger partial charge in [-0.3, -0.25) is 4.79 Å². The summed E-state index contributed by atoms with van der Waals surface area (Å²) < 4.78 is 1.62. The Labute approximate surface area is 133 Å². The Bertz CT molecular complexity index is 620. The molecule has 2 aromatic rings. The van der Waals surface area contributed by atoms with Crippen LogP contribution in [0.25, 0.3) is 0 Å². The number of nitrogens with one attached hydrogen (secondary N) is 2. The van der Waals surface area contributed by atoms with Crippen molar-refractivity contribution in [1.82, 2.24) is 4.98 Å². The number of aryl methyl sites for hydroxylation is 1. The summed E-state index contributed by atoms with van der Waals surface area (Å²) in [5, 5.41) is 2.84. The average molecular weight is 400 g/mol. The molecule has 0 spiro atoms. The van der Waals surface area contributed by atoms with Gasteiger partial charge in [-0.1, -0.05) is 0 Å². The highest BCUT2D eigenvalue weighted by Crippen LogP contribution is 2.32. The lowest BCUT2D eigenvalue weighted by Gasteiger charge is -2.11. The minimum Gasteiger partial charge on any atom is -0.320 e. The van der Waals surface area contributed by atoms with Gasteiger partial charge < -0.3 is 10.7 Å². The molecule has 0 saturated heterocycles. The van der Waals surface area contributed by atoms with Crippen LogP contribution in [0.4, 0.5) is 11.5 Å². The van der Waals surface area contributed by atoms with Gasteiger partial charge in [0.1, 0.15) is 5.82 Å². The third-order valence-corrected chi connectivity index (χ3v) is 3.85. The van der Waals surface area contributed by atoms with Crippen molar-refractivity contribution < 1.29 is 4.79 Å². The maximum absolute atomic E-state index is 12.2. The third kappa shape index (κ3) is 3.36. The van der Waals surface area contributed by atoms with Gasteiger partial charge in [0, 0.05) is 15.1 Å². The van der Waals surface area contributed by atoms with Crippen molar-refractivity contribution in [3.8, 4) is 0 Å². The molecule has 0 fully saturated rings. The largest absolute Gasteiger partial charge is 0.320 e. The molecule has 7 heteroatoms. The SMILES string of the molecule is Cc1cc(Br)c(NC(=O)c2ccc(NN)nc2)c(Br)c1. The number of hydrogen-bond donors (Lipinski definition) is 3. The Balaban J connectivity index is 2.23. The molecule has 5 nitrogen and oxygen atoms in total. The van der Waals surface area contributed by atoms with E-state index in [-0.39, 0.29) is 5.91 Å². The van der Waals surface area contributed by atoms with E-state index in [4.69, 9.17) is 5.84 Å². The van der Waals surface area contributed by atoms with Gasteiger partial charge in [0.15, 0.2) is 0 Å². The molecular weight excluding hydrogens is 388 g/mol. The number of hydrazine groups is 1. The van der Waals surface area contributed by atoms with E-state index in [0.717, 1.165) is 14.5 Å². The number of hydrogen-bond acceptors (Lipinski definition) is 4. The van der Waals surface area contributed by atoms with E-state index in [0.29, 0.717) is 17.1 Å². The average Bonchev–Trinajstić information content (AvgIpc) is 2.42. The molecule has 1 aromatic heterocycles. The fourth-order valence-electron chi connectivity index (χ4n) is 1.62. The van der Waals surface area contributed by atoms with Crippen LogP contribution in [0.1, 0.15) is 15.9 Å². The second-order valence-corrected chi connectivity index (χ2v) is 5.84. The molecule has 0 saturated carbocycles. The number of carbonyl (C=O) groups excluding carboxylic acids is 1. The summed E-state index contributed by atoms with van der Waals surface area (Å²) in [7, 11) is 0. The first-order valence-electron chi connectivity index (χ1n) is 5.71. The molecule has 0 unspecified atom stereocenters. The molecule has 0 aliphatic heterocycles. The van der Waals surface area contributed by atoms with Crippen molar-refractivity contribution in [3.63, 3.8) is 0 Å². The topological polar surface area (TPSA) is 80.0 Å². The zero-order chi connectivity index (χ0) is 14.7. The molecule has 0 bridgehead atoms. The van der Waals surface area contributed by atoms with Crippen LogP contribution in [0.3, 0.4) is 0 Å². The van der Waals surface area contributed by atoms with E-state index in [1.807, 2.05) is 19.1 Å². The van der Waals surface area contributed by atoms with E-state index in [9.17, 15) is 4.79 Å². The van der Waals surface area contributed by atoms with E-state index in [2.05, 4.69) is 47.6 Å². The van der Waals surface area contributed by atoms with Crippen LogP contribution in [0.5, 0.6) is 0 Å². The highest BCUT2D eigenvalue weighted by molar-refractivity contribution is 9.11. The Morgan fingerprint density at radius 3 is 2.40 bits per heavy atom. The highest BCUT2D eigenvalue weighted by Gasteiger charge is 2.12. The maximum atomic E-state index is 12.2. The van der Waals surface area contributed by atoms with Gasteiger partial charge >= 0.3 is 0 Å². The molecule has 0 radical (unpaired) electrons. The highest BCUT2D eigenvalue weighted by atomic mass is 79.9. The predicted molar refractivity (Wildman–Crippen MR) is 86.6 cm³/mol. The summed E-state index contributed by atoms with van der Waals surface area (Å²) in [6.07, 6.45) is 1.46. The van der Waals surface area contributed by atoms with Crippen molar-refractivity contribution in [2.24, 2.45) is 5.84 Å². The van der Waals surface area contributed by atoms with Gasteiger partial charge in [-0.15, -0.1) is 0 Å².